The minimum atomic E-state index is -0.0151. The second kappa shape index (κ2) is 5.80. The van der Waals surface area contributed by atoms with E-state index >= 15 is 0 Å². The quantitative estimate of drug-likeness (QED) is 0.536. The molecule has 1 heterocycles. The van der Waals surface area contributed by atoms with Gasteiger partial charge >= 0.3 is 0 Å². The Balaban J connectivity index is 2.60. The minimum absolute atomic E-state index is 0.0151. The van der Waals surface area contributed by atoms with E-state index in [0.29, 0.717) is 6.54 Å². The summed E-state index contributed by atoms with van der Waals surface area (Å²) in [6.07, 6.45) is 5.99. The van der Waals surface area contributed by atoms with Crippen LogP contribution in [0.4, 0.5) is 0 Å². The molecule has 1 aliphatic rings. The fourth-order valence-electron chi connectivity index (χ4n) is 2.41. The number of nitrogens with one attached hydrogen (secondary N) is 1. The average molecular weight is 226 g/mol. The maximum atomic E-state index is 5.95. The number of hydrogen-bond acceptors (Lipinski definition) is 3. The highest BCUT2D eigenvalue weighted by Crippen LogP contribution is 2.33. The highest BCUT2D eigenvalue weighted by Gasteiger charge is 2.40. The van der Waals surface area contributed by atoms with Crippen molar-refractivity contribution in [2.45, 2.75) is 50.7 Å². The fourth-order valence-corrected chi connectivity index (χ4v) is 2.41. The first-order valence-corrected chi connectivity index (χ1v) is 6.30. The first-order valence-electron chi connectivity index (χ1n) is 6.30. The summed E-state index contributed by atoms with van der Waals surface area (Å²) in [4.78, 5) is 0. The van der Waals surface area contributed by atoms with Crippen LogP contribution in [-0.2, 0) is 4.74 Å². The van der Waals surface area contributed by atoms with Gasteiger partial charge in [0.1, 0.15) is 0 Å². The van der Waals surface area contributed by atoms with Crippen LogP contribution >= 0.6 is 0 Å². The van der Waals surface area contributed by atoms with E-state index in [9.17, 15) is 0 Å². The van der Waals surface area contributed by atoms with E-state index in [0.717, 1.165) is 38.8 Å². The van der Waals surface area contributed by atoms with Crippen LogP contribution in [0.25, 0.3) is 0 Å². The molecule has 1 fully saturated rings. The molecule has 0 saturated carbocycles. The highest BCUT2D eigenvalue weighted by molar-refractivity contribution is 4.99. The lowest BCUT2D eigenvalue weighted by Gasteiger charge is -2.46. The molecule has 0 aromatic heterocycles. The number of hydrogen-bond donors (Lipinski definition) is 2. The molecule has 2 unspecified atom stereocenters. The van der Waals surface area contributed by atoms with Crippen molar-refractivity contribution < 1.29 is 4.74 Å². The smallest absolute Gasteiger partial charge is 0.0670 e. The maximum absolute atomic E-state index is 5.95. The normalized spacial score (nSPS) is 34.9. The summed E-state index contributed by atoms with van der Waals surface area (Å²) in [6.45, 7) is 10.6. The lowest BCUT2D eigenvalue weighted by molar-refractivity contribution is -0.0992. The Morgan fingerprint density at radius 3 is 2.88 bits per heavy atom. The van der Waals surface area contributed by atoms with E-state index in [-0.39, 0.29) is 11.1 Å². The second-order valence-electron chi connectivity index (χ2n) is 5.07. The van der Waals surface area contributed by atoms with Gasteiger partial charge in [0, 0.05) is 18.7 Å². The molecular weight excluding hydrogens is 200 g/mol. The number of nitrogens with two attached hydrogens (primary N) is 1. The van der Waals surface area contributed by atoms with Crippen LogP contribution < -0.4 is 11.1 Å². The zero-order chi connectivity index (χ0) is 12.1. The summed E-state index contributed by atoms with van der Waals surface area (Å²) in [5.74, 6) is 0. The average Bonchev–Trinajstić information content (AvgIpc) is 2.30. The topological polar surface area (TPSA) is 47.3 Å². The fraction of sp³-hybridized carbons (Fsp3) is 0.846. The summed E-state index contributed by atoms with van der Waals surface area (Å²) in [5.41, 5.74) is 6.00. The lowest BCUT2D eigenvalue weighted by Crippen LogP contribution is -2.59. The first kappa shape index (κ1) is 13.7. The molecule has 16 heavy (non-hydrogen) atoms. The molecule has 0 aliphatic carbocycles. The number of ether oxygens (including phenoxy) is 1. The van der Waals surface area contributed by atoms with Crippen LogP contribution in [0.1, 0.15) is 39.5 Å². The van der Waals surface area contributed by atoms with Crippen molar-refractivity contribution in [2.75, 3.05) is 19.7 Å². The van der Waals surface area contributed by atoms with Gasteiger partial charge < -0.3 is 15.8 Å². The molecule has 0 bridgehead atoms. The molecule has 94 valence electrons. The van der Waals surface area contributed by atoms with Crippen LogP contribution in [0.2, 0.25) is 0 Å². The van der Waals surface area contributed by atoms with Crippen molar-refractivity contribution in [1.29, 1.82) is 0 Å². The Bertz CT molecular complexity index is 232. The van der Waals surface area contributed by atoms with E-state index in [1.54, 1.807) is 0 Å². The summed E-state index contributed by atoms with van der Waals surface area (Å²) in [5, 5.41) is 3.60. The van der Waals surface area contributed by atoms with Gasteiger partial charge in [-0.05, 0) is 39.2 Å². The molecule has 3 N–H and O–H groups in total. The Morgan fingerprint density at radius 1 is 1.56 bits per heavy atom. The SMILES string of the molecule is C=CCCNC1(CN)CCOC(C)(CC)C1. The third-order valence-corrected chi connectivity index (χ3v) is 3.73. The van der Waals surface area contributed by atoms with Crippen molar-refractivity contribution >= 4 is 0 Å². The Labute approximate surface area is 99.4 Å². The lowest BCUT2D eigenvalue weighted by atomic mass is 9.79. The molecule has 0 spiro atoms. The zero-order valence-corrected chi connectivity index (χ0v) is 10.7. The molecule has 1 rings (SSSR count). The van der Waals surface area contributed by atoms with Crippen molar-refractivity contribution in [1.82, 2.24) is 5.32 Å². The Morgan fingerprint density at radius 2 is 2.31 bits per heavy atom. The van der Waals surface area contributed by atoms with Crippen molar-refractivity contribution in [3.8, 4) is 0 Å². The Kier molecular flexibility index (Phi) is 4.96. The predicted molar refractivity (Wildman–Crippen MR) is 68.5 cm³/mol. The maximum Gasteiger partial charge on any atom is 0.0670 e. The summed E-state index contributed by atoms with van der Waals surface area (Å²) < 4.78 is 5.86. The first-order chi connectivity index (χ1) is 7.60. The van der Waals surface area contributed by atoms with Gasteiger partial charge in [0.2, 0.25) is 0 Å². The summed E-state index contributed by atoms with van der Waals surface area (Å²) in [7, 11) is 0. The zero-order valence-electron chi connectivity index (χ0n) is 10.7. The Hall–Kier alpha value is -0.380. The monoisotopic (exact) mass is 226 g/mol. The van der Waals surface area contributed by atoms with E-state index in [1.165, 1.54) is 0 Å². The van der Waals surface area contributed by atoms with E-state index < -0.39 is 0 Å². The molecule has 0 aromatic carbocycles. The van der Waals surface area contributed by atoms with Crippen LogP contribution in [0.3, 0.4) is 0 Å². The molecule has 0 aromatic rings. The predicted octanol–water partition coefficient (Wildman–Crippen LogP) is 1.83. The standard InChI is InChI=1S/C13H26N2O/c1-4-6-8-15-13(11-14)7-9-16-12(3,5-2)10-13/h4,15H,1,5-11,14H2,2-3H3. The van der Waals surface area contributed by atoms with Crippen LogP contribution in [0, 0.1) is 0 Å². The van der Waals surface area contributed by atoms with Gasteiger partial charge in [-0.25, -0.2) is 0 Å². The van der Waals surface area contributed by atoms with Gasteiger partial charge in [-0.2, -0.15) is 0 Å². The minimum Gasteiger partial charge on any atom is -0.375 e. The molecular formula is C13H26N2O. The van der Waals surface area contributed by atoms with E-state index in [1.807, 2.05) is 6.08 Å². The second-order valence-corrected chi connectivity index (χ2v) is 5.07. The third kappa shape index (κ3) is 3.30. The summed E-state index contributed by atoms with van der Waals surface area (Å²) in [6, 6.07) is 0. The van der Waals surface area contributed by atoms with Crippen molar-refractivity contribution in [3.05, 3.63) is 12.7 Å². The van der Waals surface area contributed by atoms with Crippen LogP contribution in [0.5, 0.6) is 0 Å². The van der Waals surface area contributed by atoms with Crippen LogP contribution in [0.15, 0.2) is 12.7 Å². The molecule has 1 aliphatic heterocycles. The largest absolute Gasteiger partial charge is 0.375 e. The van der Waals surface area contributed by atoms with Gasteiger partial charge in [0.15, 0.2) is 0 Å². The molecule has 2 atom stereocenters. The van der Waals surface area contributed by atoms with Gasteiger partial charge in [-0.1, -0.05) is 13.0 Å². The van der Waals surface area contributed by atoms with E-state index in [2.05, 4.69) is 25.7 Å². The van der Waals surface area contributed by atoms with Gasteiger partial charge in [0.05, 0.1) is 5.60 Å². The van der Waals surface area contributed by atoms with Gasteiger partial charge in [-0.15, -0.1) is 6.58 Å². The van der Waals surface area contributed by atoms with Gasteiger partial charge in [-0.3, -0.25) is 0 Å². The highest BCUT2D eigenvalue weighted by atomic mass is 16.5. The molecule has 1 saturated heterocycles. The number of rotatable bonds is 6. The summed E-state index contributed by atoms with van der Waals surface area (Å²) >= 11 is 0. The molecule has 0 amide bonds. The molecule has 3 heteroatoms. The third-order valence-electron chi connectivity index (χ3n) is 3.73. The molecule has 0 radical (unpaired) electrons. The van der Waals surface area contributed by atoms with Crippen molar-refractivity contribution in [2.24, 2.45) is 5.73 Å². The molecule has 3 nitrogen and oxygen atoms in total. The van der Waals surface area contributed by atoms with Crippen LogP contribution in [-0.4, -0.2) is 30.8 Å². The van der Waals surface area contributed by atoms with Crippen molar-refractivity contribution in [3.63, 3.8) is 0 Å². The van der Waals surface area contributed by atoms with Gasteiger partial charge in [0.25, 0.3) is 0 Å². The van der Waals surface area contributed by atoms with E-state index in [4.69, 9.17) is 10.5 Å².